The Morgan fingerprint density at radius 2 is 2.00 bits per heavy atom. The number of hydrogen-bond acceptors (Lipinski definition) is 4. The molecule has 1 atom stereocenters. The van der Waals surface area contributed by atoms with Crippen molar-refractivity contribution in [1.29, 1.82) is 0 Å². The molecule has 1 aromatic heterocycles. The summed E-state index contributed by atoms with van der Waals surface area (Å²) in [4.78, 5) is 32.7. The first-order valence-corrected chi connectivity index (χ1v) is 10.2. The van der Waals surface area contributed by atoms with E-state index in [4.69, 9.17) is 16.0 Å². The fraction of sp³-hybridized carbons (Fsp3) is 0.476. The highest BCUT2D eigenvalue weighted by Crippen LogP contribution is 2.31. The van der Waals surface area contributed by atoms with Gasteiger partial charge in [-0.25, -0.2) is 4.98 Å². The Morgan fingerprint density at radius 3 is 2.75 bits per heavy atom. The molecule has 148 valence electrons. The molecule has 6 nitrogen and oxygen atoms in total. The van der Waals surface area contributed by atoms with Gasteiger partial charge in [0.25, 0.3) is 0 Å². The molecule has 2 aromatic rings. The third kappa shape index (κ3) is 4.22. The largest absolute Gasteiger partial charge is 0.443 e. The molecular formula is C21H24ClN3O3. The summed E-state index contributed by atoms with van der Waals surface area (Å²) >= 11 is 5.94. The van der Waals surface area contributed by atoms with Crippen molar-refractivity contribution in [3.8, 4) is 0 Å². The molecule has 1 aromatic carbocycles. The predicted molar refractivity (Wildman–Crippen MR) is 105 cm³/mol. The summed E-state index contributed by atoms with van der Waals surface area (Å²) in [6, 6.07) is 7.49. The molecule has 28 heavy (non-hydrogen) atoms. The molecule has 4 rings (SSSR count). The summed E-state index contributed by atoms with van der Waals surface area (Å²) in [6.45, 7) is 1.52. The molecule has 3 heterocycles. The van der Waals surface area contributed by atoms with E-state index in [1.54, 1.807) is 11.1 Å². The normalized spacial score (nSPS) is 20.0. The number of piperidine rings is 1. The van der Waals surface area contributed by atoms with Crippen molar-refractivity contribution in [3.63, 3.8) is 0 Å². The van der Waals surface area contributed by atoms with Gasteiger partial charge in [0.1, 0.15) is 11.8 Å². The topological polar surface area (TPSA) is 66.7 Å². The Morgan fingerprint density at radius 1 is 1.18 bits per heavy atom. The van der Waals surface area contributed by atoms with Gasteiger partial charge in [-0.1, -0.05) is 23.7 Å². The van der Waals surface area contributed by atoms with E-state index in [0.717, 1.165) is 37.0 Å². The van der Waals surface area contributed by atoms with E-state index in [2.05, 4.69) is 4.98 Å². The van der Waals surface area contributed by atoms with Crippen LogP contribution in [-0.2, 0) is 16.0 Å². The molecule has 2 aliphatic heterocycles. The number of oxazole rings is 1. The molecule has 2 saturated heterocycles. The molecule has 2 fully saturated rings. The molecule has 1 unspecified atom stereocenters. The SMILES string of the molecule is O=C1CCCN1CC(=O)N1CCCCC1c1ncc(Cc2ccc(Cl)cc2)o1. The maximum Gasteiger partial charge on any atom is 0.242 e. The number of nitrogens with zero attached hydrogens (tertiary/aromatic N) is 3. The smallest absolute Gasteiger partial charge is 0.242 e. The van der Waals surface area contributed by atoms with Crippen LogP contribution >= 0.6 is 11.6 Å². The van der Waals surface area contributed by atoms with E-state index in [1.807, 2.05) is 29.2 Å². The van der Waals surface area contributed by atoms with Gasteiger partial charge in [-0.15, -0.1) is 0 Å². The second-order valence-corrected chi connectivity index (χ2v) is 7.92. The first-order valence-electron chi connectivity index (χ1n) is 9.86. The van der Waals surface area contributed by atoms with Crippen LogP contribution in [0.3, 0.4) is 0 Å². The molecule has 0 saturated carbocycles. The van der Waals surface area contributed by atoms with Gasteiger partial charge < -0.3 is 14.2 Å². The Bertz CT molecular complexity index is 849. The van der Waals surface area contributed by atoms with Gasteiger partial charge in [0, 0.05) is 31.0 Å². The van der Waals surface area contributed by atoms with Gasteiger partial charge in [-0.3, -0.25) is 9.59 Å². The maximum absolute atomic E-state index is 12.9. The first-order chi connectivity index (χ1) is 13.6. The van der Waals surface area contributed by atoms with Crippen molar-refractivity contribution >= 4 is 23.4 Å². The highest BCUT2D eigenvalue weighted by atomic mass is 35.5. The average molecular weight is 402 g/mol. The summed E-state index contributed by atoms with van der Waals surface area (Å²) in [6.07, 6.45) is 6.59. The molecule has 7 heteroatoms. The lowest BCUT2D eigenvalue weighted by atomic mass is 10.0. The Balaban J connectivity index is 1.45. The van der Waals surface area contributed by atoms with Crippen LogP contribution in [0.4, 0.5) is 0 Å². The lowest BCUT2D eigenvalue weighted by molar-refractivity contribution is -0.141. The number of carbonyl (C=O) groups is 2. The number of halogens is 1. The van der Waals surface area contributed by atoms with Crippen molar-refractivity contribution in [1.82, 2.24) is 14.8 Å². The summed E-state index contributed by atoms with van der Waals surface area (Å²) in [7, 11) is 0. The van der Waals surface area contributed by atoms with Gasteiger partial charge in [0.15, 0.2) is 0 Å². The number of rotatable bonds is 5. The number of aromatic nitrogens is 1. The minimum Gasteiger partial charge on any atom is -0.443 e. The van der Waals surface area contributed by atoms with Crippen molar-refractivity contribution in [2.75, 3.05) is 19.6 Å². The van der Waals surface area contributed by atoms with Crippen molar-refractivity contribution in [3.05, 3.63) is 52.7 Å². The minimum absolute atomic E-state index is 0.0163. The lowest BCUT2D eigenvalue weighted by Crippen LogP contribution is -2.44. The Hall–Kier alpha value is -2.34. The maximum atomic E-state index is 12.9. The van der Waals surface area contributed by atoms with Crippen LogP contribution in [-0.4, -0.2) is 46.2 Å². The molecule has 0 radical (unpaired) electrons. The number of likely N-dealkylation sites (tertiary alicyclic amines) is 2. The van der Waals surface area contributed by atoms with Gasteiger partial charge in [-0.2, -0.15) is 0 Å². The van der Waals surface area contributed by atoms with Crippen molar-refractivity contribution in [2.45, 2.75) is 44.6 Å². The van der Waals surface area contributed by atoms with Crippen LogP contribution in [0.1, 0.15) is 55.4 Å². The van der Waals surface area contributed by atoms with Crippen LogP contribution in [0.15, 0.2) is 34.9 Å². The lowest BCUT2D eigenvalue weighted by Gasteiger charge is -2.34. The molecule has 0 spiro atoms. The second kappa shape index (κ2) is 8.35. The standard InChI is InChI=1S/C21H24ClN3O3/c22-16-8-6-15(7-9-16)12-17-13-23-21(28-17)18-4-1-2-11-25(18)20(27)14-24-10-3-5-19(24)26/h6-9,13,18H,1-5,10-12,14H2. The molecule has 2 amide bonds. The summed E-state index contributed by atoms with van der Waals surface area (Å²) in [5.41, 5.74) is 1.09. The summed E-state index contributed by atoms with van der Waals surface area (Å²) in [5.74, 6) is 1.41. The quantitative estimate of drug-likeness (QED) is 0.767. The van der Waals surface area contributed by atoms with Gasteiger partial charge >= 0.3 is 0 Å². The van der Waals surface area contributed by atoms with E-state index in [-0.39, 0.29) is 24.4 Å². The molecule has 0 N–H and O–H groups in total. The number of hydrogen-bond donors (Lipinski definition) is 0. The highest BCUT2D eigenvalue weighted by Gasteiger charge is 2.33. The Kier molecular flexibility index (Phi) is 5.67. The van der Waals surface area contributed by atoms with Gasteiger partial charge in [0.2, 0.25) is 17.7 Å². The van der Waals surface area contributed by atoms with E-state index < -0.39 is 0 Å². The van der Waals surface area contributed by atoms with Crippen molar-refractivity contribution < 1.29 is 14.0 Å². The third-order valence-electron chi connectivity index (χ3n) is 5.47. The van der Waals surface area contributed by atoms with Crippen molar-refractivity contribution in [2.24, 2.45) is 0 Å². The third-order valence-corrected chi connectivity index (χ3v) is 5.72. The summed E-state index contributed by atoms with van der Waals surface area (Å²) < 4.78 is 6.01. The van der Waals surface area contributed by atoms with Crippen LogP contribution in [0.5, 0.6) is 0 Å². The van der Waals surface area contributed by atoms with Crippen LogP contribution in [0.25, 0.3) is 0 Å². The monoisotopic (exact) mass is 401 g/mol. The predicted octanol–water partition coefficient (Wildman–Crippen LogP) is 3.59. The number of amides is 2. The first kappa shape index (κ1) is 19.0. The zero-order valence-corrected chi connectivity index (χ0v) is 16.5. The number of benzene rings is 1. The molecule has 0 aliphatic carbocycles. The van der Waals surface area contributed by atoms with E-state index in [1.165, 1.54) is 0 Å². The minimum atomic E-state index is -0.155. The summed E-state index contributed by atoms with van der Waals surface area (Å²) in [5, 5.41) is 0.704. The average Bonchev–Trinajstić information content (AvgIpc) is 3.33. The van der Waals surface area contributed by atoms with E-state index in [0.29, 0.717) is 36.8 Å². The molecular weight excluding hydrogens is 378 g/mol. The fourth-order valence-electron chi connectivity index (χ4n) is 3.97. The second-order valence-electron chi connectivity index (χ2n) is 7.49. The zero-order chi connectivity index (χ0) is 19.5. The fourth-order valence-corrected chi connectivity index (χ4v) is 4.10. The van der Waals surface area contributed by atoms with E-state index in [9.17, 15) is 9.59 Å². The van der Waals surface area contributed by atoms with Gasteiger partial charge in [0.05, 0.1) is 12.7 Å². The van der Waals surface area contributed by atoms with E-state index >= 15 is 0 Å². The van der Waals surface area contributed by atoms with Crippen LogP contribution in [0.2, 0.25) is 5.02 Å². The highest BCUT2D eigenvalue weighted by molar-refractivity contribution is 6.30. The van der Waals surface area contributed by atoms with Crippen LogP contribution < -0.4 is 0 Å². The number of carbonyl (C=O) groups excluding carboxylic acids is 2. The zero-order valence-electron chi connectivity index (χ0n) is 15.8. The Labute approximate surface area is 169 Å². The molecule has 0 bridgehead atoms. The molecule has 2 aliphatic rings. The van der Waals surface area contributed by atoms with Crippen LogP contribution in [0, 0.1) is 0 Å². The van der Waals surface area contributed by atoms with Gasteiger partial charge in [-0.05, 0) is 43.4 Å².